The third-order valence-electron chi connectivity index (χ3n) is 4.91. The molecule has 0 aliphatic heterocycles. The smallest absolute Gasteiger partial charge is 0.127 e. The Hall–Kier alpha value is -0.930. The molecule has 1 aromatic carbocycles. The fourth-order valence-corrected chi connectivity index (χ4v) is 3.04. The van der Waals surface area contributed by atoms with Gasteiger partial charge in [-0.2, -0.15) is 0 Å². The van der Waals surface area contributed by atoms with Crippen molar-refractivity contribution in [2.24, 2.45) is 5.92 Å². The molecule has 0 amide bonds. The normalized spacial score (nSPS) is 22.0. The highest BCUT2D eigenvalue weighted by Gasteiger charge is 2.33. The number of nitrogens with one attached hydrogen (secondary N) is 1. The zero-order chi connectivity index (χ0) is 14.2. The molecule has 0 bridgehead atoms. The standard InChI is InChI=1S/C18H25FN2/c19-18-8-3-14(10-20-16-4-5-16)9-15(18)12-21(17-6-7-17)11-13-1-2-13/h3,8-9,13,16-17,20H,1-2,4-7,10-12H2. The largest absolute Gasteiger partial charge is 0.310 e. The van der Waals surface area contributed by atoms with Crippen LogP contribution in [0.4, 0.5) is 4.39 Å². The molecule has 0 unspecified atom stereocenters. The molecular formula is C18H25FN2. The Morgan fingerprint density at radius 2 is 1.90 bits per heavy atom. The first kappa shape index (κ1) is 13.7. The molecule has 0 saturated heterocycles. The summed E-state index contributed by atoms with van der Waals surface area (Å²) >= 11 is 0. The highest BCUT2D eigenvalue weighted by atomic mass is 19.1. The molecule has 3 saturated carbocycles. The second-order valence-corrected chi connectivity index (χ2v) is 7.18. The van der Waals surface area contributed by atoms with E-state index in [1.807, 2.05) is 6.07 Å². The molecule has 21 heavy (non-hydrogen) atoms. The van der Waals surface area contributed by atoms with E-state index in [0.717, 1.165) is 30.6 Å². The molecule has 0 atom stereocenters. The summed E-state index contributed by atoms with van der Waals surface area (Å²) < 4.78 is 14.1. The fraction of sp³-hybridized carbons (Fsp3) is 0.667. The number of rotatable bonds is 8. The van der Waals surface area contributed by atoms with Gasteiger partial charge in [0.05, 0.1) is 0 Å². The van der Waals surface area contributed by atoms with E-state index < -0.39 is 0 Å². The minimum Gasteiger partial charge on any atom is -0.310 e. The summed E-state index contributed by atoms with van der Waals surface area (Å²) in [6.45, 7) is 2.85. The van der Waals surface area contributed by atoms with Crippen LogP contribution in [0.2, 0.25) is 0 Å². The van der Waals surface area contributed by atoms with Crippen LogP contribution in [0.15, 0.2) is 18.2 Å². The second-order valence-electron chi connectivity index (χ2n) is 7.18. The van der Waals surface area contributed by atoms with Crippen molar-refractivity contribution in [3.63, 3.8) is 0 Å². The van der Waals surface area contributed by atoms with Gasteiger partial charge in [-0.1, -0.05) is 12.1 Å². The van der Waals surface area contributed by atoms with E-state index in [-0.39, 0.29) is 5.82 Å². The first-order chi connectivity index (χ1) is 10.3. The third-order valence-corrected chi connectivity index (χ3v) is 4.91. The Morgan fingerprint density at radius 1 is 1.10 bits per heavy atom. The summed E-state index contributed by atoms with van der Waals surface area (Å²) in [6.07, 6.45) is 7.94. The molecule has 3 aliphatic carbocycles. The molecule has 114 valence electrons. The van der Waals surface area contributed by atoms with Gasteiger partial charge in [-0.3, -0.25) is 4.90 Å². The van der Waals surface area contributed by atoms with Gasteiger partial charge in [-0.15, -0.1) is 0 Å². The number of hydrogen-bond acceptors (Lipinski definition) is 2. The van der Waals surface area contributed by atoms with Crippen LogP contribution in [0.25, 0.3) is 0 Å². The van der Waals surface area contributed by atoms with E-state index in [0.29, 0.717) is 6.04 Å². The maximum absolute atomic E-state index is 14.1. The van der Waals surface area contributed by atoms with Crippen molar-refractivity contribution in [3.8, 4) is 0 Å². The summed E-state index contributed by atoms with van der Waals surface area (Å²) in [5.74, 6) is 0.847. The van der Waals surface area contributed by atoms with Crippen LogP contribution >= 0.6 is 0 Å². The average Bonchev–Trinajstić information content (AvgIpc) is 3.34. The van der Waals surface area contributed by atoms with Gasteiger partial charge in [0, 0.05) is 37.3 Å². The summed E-state index contributed by atoms with van der Waals surface area (Å²) in [5.41, 5.74) is 2.11. The van der Waals surface area contributed by atoms with Crippen molar-refractivity contribution in [1.29, 1.82) is 0 Å². The van der Waals surface area contributed by atoms with Gasteiger partial charge >= 0.3 is 0 Å². The van der Waals surface area contributed by atoms with Crippen molar-refractivity contribution < 1.29 is 4.39 Å². The molecule has 3 heteroatoms. The molecule has 1 aromatic rings. The topological polar surface area (TPSA) is 15.3 Å². The van der Waals surface area contributed by atoms with Crippen molar-refractivity contribution in [3.05, 3.63) is 35.1 Å². The van der Waals surface area contributed by atoms with Crippen LogP contribution in [-0.2, 0) is 13.1 Å². The summed E-state index contributed by atoms with van der Waals surface area (Å²) in [4.78, 5) is 2.52. The van der Waals surface area contributed by atoms with Crippen LogP contribution in [0, 0.1) is 11.7 Å². The lowest BCUT2D eigenvalue weighted by molar-refractivity contribution is 0.240. The third kappa shape index (κ3) is 3.83. The predicted octanol–water partition coefficient (Wildman–Crippen LogP) is 3.45. The van der Waals surface area contributed by atoms with Crippen molar-refractivity contribution >= 4 is 0 Å². The monoisotopic (exact) mass is 288 g/mol. The molecule has 1 N–H and O–H groups in total. The second kappa shape index (κ2) is 5.69. The molecule has 3 fully saturated rings. The van der Waals surface area contributed by atoms with Gasteiger partial charge in [0.15, 0.2) is 0 Å². The first-order valence-corrected chi connectivity index (χ1v) is 8.52. The van der Waals surface area contributed by atoms with Crippen LogP contribution in [0.1, 0.15) is 49.7 Å². The Labute approximate surface area is 126 Å². The number of benzene rings is 1. The fourth-order valence-electron chi connectivity index (χ4n) is 3.04. The van der Waals surface area contributed by atoms with Crippen molar-refractivity contribution in [2.75, 3.05) is 6.54 Å². The molecule has 0 heterocycles. The SMILES string of the molecule is Fc1ccc(CNC2CC2)cc1CN(CC1CC1)C1CC1. The van der Waals surface area contributed by atoms with Gasteiger partial charge in [-0.05, 0) is 56.1 Å². The average molecular weight is 288 g/mol. The minimum atomic E-state index is -0.0355. The molecule has 2 nitrogen and oxygen atoms in total. The van der Waals surface area contributed by atoms with E-state index in [1.165, 1.54) is 50.6 Å². The lowest BCUT2D eigenvalue weighted by atomic mass is 10.1. The van der Waals surface area contributed by atoms with Crippen LogP contribution in [-0.4, -0.2) is 23.5 Å². The Balaban J connectivity index is 1.42. The predicted molar refractivity (Wildman–Crippen MR) is 82.4 cm³/mol. The van der Waals surface area contributed by atoms with E-state index in [1.54, 1.807) is 6.07 Å². The van der Waals surface area contributed by atoms with Crippen LogP contribution in [0.5, 0.6) is 0 Å². The number of hydrogen-bond donors (Lipinski definition) is 1. The van der Waals surface area contributed by atoms with Gasteiger partial charge in [0.25, 0.3) is 0 Å². The van der Waals surface area contributed by atoms with Gasteiger partial charge in [0.2, 0.25) is 0 Å². The van der Waals surface area contributed by atoms with Gasteiger partial charge in [-0.25, -0.2) is 4.39 Å². The molecule has 4 rings (SSSR count). The highest BCUT2D eigenvalue weighted by Crippen LogP contribution is 2.35. The van der Waals surface area contributed by atoms with Crippen molar-refractivity contribution in [1.82, 2.24) is 10.2 Å². The molecule has 3 aliphatic rings. The quantitative estimate of drug-likeness (QED) is 0.788. The van der Waals surface area contributed by atoms with Gasteiger partial charge < -0.3 is 5.32 Å². The Bertz CT molecular complexity index is 504. The minimum absolute atomic E-state index is 0.0355. The summed E-state index contributed by atoms with van der Waals surface area (Å²) in [6, 6.07) is 7.08. The van der Waals surface area contributed by atoms with Crippen LogP contribution in [0.3, 0.4) is 0 Å². The number of nitrogens with zero attached hydrogens (tertiary/aromatic N) is 1. The Kier molecular flexibility index (Phi) is 3.72. The van der Waals surface area contributed by atoms with Crippen molar-refractivity contribution in [2.45, 2.75) is 63.7 Å². The van der Waals surface area contributed by atoms with E-state index in [2.05, 4.69) is 16.3 Å². The van der Waals surface area contributed by atoms with E-state index in [4.69, 9.17) is 0 Å². The van der Waals surface area contributed by atoms with E-state index in [9.17, 15) is 4.39 Å². The molecule has 0 aromatic heterocycles. The summed E-state index contributed by atoms with van der Waals surface area (Å²) in [5, 5.41) is 3.51. The molecule has 0 spiro atoms. The number of halogens is 1. The molecule has 0 radical (unpaired) electrons. The zero-order valence-corrected chi connectivity index (χ0v) is 12.7. The van der Waals surface area contributed by atoms with E-state index >= 15 is 0 Å². The lowest BCUT2D eigenvalue weighted by Gasteiger charge is -2.22. The summed E-state index contributed by atoms with van der Waals surface area (Å²) in [7, 11) is 0. The van der Waals surface area contributed by atoms with Gasteiger partial charge in [0.1, 0.15) is 5.82 Å². The lowest BCUT2D eigenvalue weighted by Crippen LogP contribution is -2.28. The first-order valence-electron chi connectivity index (χ1n) is 8.52. The maximum Gasteiger partial charge on any atom is 0.127 e. The Morgan fingerprint density at radius 3 is 2.57 bits per heavy atom. The highest BCUT2D eigenvalue weighted by molar-refractivity contribution is 5.25. The zero-order valence-electron chi connectivity index (χ0n) is 12.7. The van der Waals surface area contributed by atoms with Crippen LogP contribution < -0.4 is 5.32 Å². The maximum atomic E-state index is 14.1. The molecular weight excluding hydrogens is 263 g/mol.